The number of nitrogens with one attached hydrogen (secondary N) is 1. The highest BCUT2D eigenvalue weighted by Crippen LogP contribution is 2.36. The quantitative estimate of drug-likeness (QED) is 0.609. The number of rotatable bonds is 4. The van der Waals surface area contributed by atoms with E-state index in [0.717, 1.165) is 12.1 Å². The summed E-state index contributed by atoms with van der Waals surface area (Å²) in [5.41, 5.74) is 0.444. The Balaban J connectivity index is 1.38. The van der Waals surface area contributed by atoms with Crippen LogP contribution in [-0.4, -0.2) is 48.1 Å². The van der Waals surface area contributed by atoms with Gasteiger partial charge in [-0.2, -0.15) is 13.2 Å². The smallest absolute Gasteiger partial charge is 0.378 e. The fourth-order valence-electron chi connectivity index (χ4n) is 4.12. The first kappa shape index (κ1) is 22.8. The minimum absolute atomic E-state index is 0.0757. The Kier molecular flexibility index (Phi) is 5.85. The molecule has 1 N–H and O–H groups in total. The SMILES string of the molecule is O=C(Nc1cccc2c1C(=O)N(c1cccc(C(F)(F)F)c1)C2)c1cncc(N2CCOCC2)n1. The van der Waals surface area contributed by atoms with Crippen LogP contribution in [0.4, 0.5) is 30.4 Å². The molecule has 0 bridgehead atoms. The van der Waals surface area contributed by atoms with Crippen LogP contribution in [0, 0.1) is 0 Å². The van der Waals surface area contributed by atoms with Gasteiger partial charge in [0.2, 0.25) is 0 Å². The molecule has 5 rings (SSSR count). The van der Waals surface area contributed by atoms with Crippen molar-refractivity contribution in [1.29, 1.82) is 0 Å². The number of carbonyl (C=O) groups is 2. The van der Waals surface area contributed by atoms with Crippen LogP contribution in [0.25, 0.3) is 0 Å². The maximum Gasteiger partial charge on any atom is 0.416 e. The molecule has 0 atom stereocenters. The van der Waals surface area contributed by atoms with Crippen LogP contribution in [0.1, 0.15) is 32.0 Å². The summed E-state index contributed by atoms with van der Waals surface area (Å²) in [4.78, 5) is 37.9. The fourth-order valence-corrected chi connectivity index (χ4v) is 4.12. The standard InChI is InChI=1S/C24H20F3N5O3/c25-24(26,27)16-4-2-5-17(11-16)32-14-15-3-1-6-18(21(15)23(32)34)30-22(33)19-12-28-13-20(29-19)31-7-9-35-10-8-31/h1-6,11-13H,7-10,14H2,(H,30,33). The lowest BCUT2D eigenvalue weighted by molar-refractivity contribution is -0.137. The molecule has 0 saturated carbocycles. The highest BCUT2D eigenvalue weighted by Gasteiger charge is 2.34. The third-order valence-corrected chi connectivity index (χ3v) is 5.86. The Labute approximate surface area is 198 Å². The van der Waals surface area contributed by atoms with Crippen LogP contribution >= 0.6 is 0 Å². The van der Waals surface area contributed by atoms with Gasteiger partial charge in [0.15, 0.2) is 0 Å². The van der Waals surface area contributed by atoms with Crippen LogP contribution in [-0.2, 0) is 17.5 Å². The van der Waals surface area contributed by atoms with E-state index in [0.29, 0.717) is 37.7 Å². The lowest BCUT2D eigenvalue weighted by Crippen LogP contribution is -2.37. The molecule has 2 aliphatic rings. The van der Waals surface area contributed by atoms with Crippen LogP contribution in [0.2, 0.25) is 0 Å². The lowest BCUT2D eigenvalue weighted by Gasteiger charge is -2.27. The zero-order valence-corrected chi connectivity index (χ0v) is 18.4. The first-order valence-electron chi connectivity index (χ1n) is 10.9. The van der Waals surface area contributed by atoms with Gasteiger partial charge in [-0.15, -0.1) is 0 Å². The molecule has 1 saturated heterocycles. The number of hydrogen-bond donors (Lipinski definition) is 1. The van der Waals surface area contributed by atoms with Gasteiger partial charge < -0.3 is 19.9 Å². The molecule has 1 fully saturated rings. The highest BCUT2D eigenvalue weighted by atomic mass is 19.4. The van der Waals surface area contributed by atoms with Crippen molar-refractivity contribution in [3.63, 3.8) is 0 Å². The van der Waals surface area contributed by atoms with Crippen molar-refractivity contribution in [2.75, 3.05) is 41.4 Å². The number of amides is 2. The number of aromatic nitrogens is 2. The van der Waals surface area contributed by atoms with Gasteiger partial charge in [-0.1, -0.05) is 18.2 Å². The van der Waals surface area contributed by atoms with Crippen molar-refractivity contribution < 1.29 is 27.5 Å². The number of carbonyl (C=O) groups excluding carboxylic acids is 2. The highest BCUT2D eigenvalue weighted by molar-refractivity contribution is 6.16. The second-order valence-corrected chi connectivity index (χ2v) is 8.10. The molecule has 180 valence electrons. The lowest BCUT2D eigenvalue weighted by atomic mass is 10.1. The van der Waals surface area contributed by atoms with Gasteiger partial charge in [0.25, 0.3) is 11.8 Å². The van der Waals surface area contributed by atoms with Gasteiger partial charge in [-0.25, -0.2) is 4.98 Å². The van der Waals surface area contributed by atoms with E-state index in [-0.39, 0.29) is 29.2 Å². The Morgan fingerprint density at radius 3 is 2.60 bits per heavy atom. The van der Waals surface area contributed by atoms with E-state index in [1.54, 1.807) is 24.4 Å². The van der Waals surface area contributed by atoms with E-state index in [4.69, 9.17) is 4.74 Å². The molecule has 1 aromatic heterocycles. The predicted octanol–water partition coefficient (Wildman–Crippen LogP) is 3.74. The number of benzene rings is 2. The molecule has 3 heterocycles. The maximum absolute atomic E-state index is 13.2. The Bertz CT molecular complexity index is 1290. The van der Waals surface area contributed by atoms with E-state index in [9.17, 15) is 22.8 Å². The first-order valence-corrected chi connectivity index (χ1v) is 10.9. The van der Waals surface area contributed by atoms with Crippen LogP contribution in [0.5, 0.6) is 0 Å². The summed E-state index contributed by atoms with van der Waals surface area (Å²) in [7, 11) is 0. The van der Waals surface area contributed by atoms with Crippen molar-refractivity contribution in [3.05, 3.63) is 77.2 Å². The number of hydrogen-bond acceptors (Lipinski definition) is 6. The predicted molar refractivity (Wildman–Crippen MR) is 121 cm³/mol. The van der Waals surface area contributed by atoms with Gasteiger partial charge in [0, 0.05) is 18.8 Å². The second-order valence-electron chi connectivity index (χ2n) is 8.10. The van der Waals surface area contributed by atoms with Crippen LogP contribution < -0.4 is 15.1 Å². The summed E-state index contributed by atoms with van der Waals surface area (Å²) in [6, 6.07) is 9.55. The molecule has 11 heteroatoms. The zero-order valence-electron chi connectivity index (χ0n) is 18.4. The van der Waals surface area contributed by atoms with Crippen molar-refractivity contribution in [1.82, 2.24) is 9.97 Å². The molecule has 0 spiro atoms. The first-order chi connectivity index (χ1) is 16.8. The van der Waals surface area contributed by atoms with Crippen molar-refractivity contribution in [2.45, 2.75) is 12.7 Å². The Morgan fingerprint density at radius 1 is 1.06 bits per heavy atom. The minimum Gasteiger partial charge on any atom is -0.378 e. The largest absolute Gasteiger partial charge is 0.416 e. The summed E-state index contributed by atoms with van der Waals surface area (Å²) in [5.74, 6) is -0.499. The number of alkyl halides is 3. The molecule has 2 aromatic carbocycles. The molecule has 8 nitrogen and oxygen atoms in total. The van der Waals surface area contributed by atoms with Crippen LogP contribution in [0.15, 0.2) is 54.9 Å². The summed E-state index contributed by atoms with van der Waals surface area (Å²) in [6.45, 7) is 2.46. The van der Waals surface area contributed by atoms with Gasteiger partial charge in [0.1, 0.15) is 11.5 Å². The fraction of sp³-hybridized carbons (Fsp3) is 0.250. The molecular weight excluding hydrogens is 463 g/mol. The molecule has 0 radical (unpaired) electrons. The van der Waals surface area contributed by atoms with Crippen molar-refractivity contribution in [2.24, 2.45) is 0 Å². The normalized spacial score (nSPS) is 15.8. The van der Waals surface area contributed by atoms with Gasteiger partial charge in [-0.3, -0.25) is 14.6 Å². The third kappa shape index (κ3) is 4.54. The van der Waals surface area contributed by atoms with E-state index < -0.39 is 23.6 Å². The number of halogens is 3. The third-order valence-electron chi connectivity index (χ3n) is 5.86. The summed E-state index contributed by atoms with van der Waals surface area (Å²) in [5, 5.41) is 2.71. The molecule has 0 unspecified atom stereocenters. The van der Waals surface area contributed by atoms with Gasteiger partial charge in [-0.05, 0) is 29.8 Å². The molecule has 2 aliphatic heterocycles. The van der Waals surface area contributed by atoms with E-state index in [1.165, 1.54) is 23.2 Å². The second kappa shape index (κ2) is 8.99. The monoisotopic (exact) mass is 483 g/mol. The number of morpholine rings is 1. The molecule has 0 aliphatic carbocycles. The number of nitrogens with zero attached hydrogens (tertiary/aromatic N) is 4. The molecule has 3 aromatic rings. The average Bonchev–Trinajstić information content (AvgIpc) is 3.21. The average molecular weight is 483 g/mol. The molecule has 35 heavy (non-hydrogen) atoms. The maximum atomic E-state index is 13.2. The van der Waals surface area contributed by atoms with E-state index in [1.807, 2.05) is 4.90 Å². The minimum atomic E-state index is -4.53. The van der Waals surface area contributed by atoms with Crippen molar-refractivity contribution in [3.8, 4) is 0 Å². The number of anilines is 3. The van der Waals surface area contributed by atoms with E-state index >= 15 is 0 Å². The van der Waals surface area contributed by atoms with Gasteiger partial charge in [0.05, 0.1) is 49.0 Å². The topological polar surface area (TPSA) is 87.7 Å². The summed E-state index contributed by atoms with van der Waals surface area (Å²) >= 11 is 0. The number of fused-ring (bicyclic) bond motifs is 1. The summed E-state index contributed by atoms with van der Waals surface area (Å²) < 4.78 is 44.8. The summed E-state index contributed by atoms with van der Waals surface area (Å²) in [6.07, 6.45) is -1.63. The molecule has 2 amide bonds. The Morgan fingerprint density at radius 2 is 1.83 bits per heavy atom. The van der Waals surface area contributed by atoms with Crippen LogP contribution in [0.3, 0.4) is 0 Å². The zero-order chi connectivity index (χ0) is 24.6. The number of ether oxygens (including phenoxy) is 1. The molecular formula is C24H20F3N5O3. The van der Waals surface area contributed by atoms with Gasteiger partial charge >= 0.3 is 6.18 Å². The Hall–Kier alpha value is -3.99. The van der Waals surface area contributed by atoms with Crippen molar-refractivity contribution >= 4 is 29.0 Å². The van der Waals surface area contributed by atoms with E-state index in [2.05, 4.69) is 15.3 Å².